The second kappa shape index (κ2) is 8.39. The lowest BCUT2D eigenvalue weighted by Gasteiger charge is -2.20. The van der Waals surface area contributed by atoms with Gasteiger partial charge in [-0.3, -0.25) is 4.79 Å². The van der Waals surface area contributed by atoms with Gasteiger partial charge in [-0.2, -0.15) is 12.8 Å². The summed E-state index contributed by atoms with van der Waals surface area (Å²) < 4.78 is 32.6. The van der Waals surface area contributed by atoms with Crippen molar-refractivity contribution in [2.45, 2.75) is 11.4 Å². The minimum atomic E-state index is -3.91. The first kappa shape index (κ1) is 21.5. The number of rotatable bonds is 5. The number of nitrogens with one attached hydrogen (secondary N) is 2. The van der Waals surface area contributed by atoms with E-state index < -0.39 is 15.9 Å². The van der Waals surface area contributed by atoms with Gasteiger partial charge in [-0.05, 0) is 42.0 Å². The predicted molar refractivity (Wildman–Crippen MR) is 120 cm³/mol. The average Bonchev–Trinajstić information content (AvgIpc) is 3.18. The van der Waals surface area contributed by atoms with E-state index in [0.717, 1.165) is 9.98 Å². The molecule has 0 saturated carbocycles. The molecule has 2 N–H and O–H groups in total. The molecule has 0 radical (unpaired) electrons. The molecule has 0 spiro atoms. The monoisotopic (exact) mass is 477 g/mol. The number of anilines is 2. The number of ether oxygens (including phenoxy) is 1. The summed E-state index contributed by atoms with van der Waals surface area (Å²) in [6.07, 6.45) is 0. The number of nitrogens with zero attached hydrogens (tertiary/aromatic N) is 1. The molecular formula is C21H17Cl2N3O4S. The number of hydrazine groups is 1. The zero-order chi connectivity index (χ0) is 22.2. The number of halogens is 2. The number of carbonyl (C=O) groups excluding carboxylic acids is 1. The summed E-state index contributed by atoms with van der Waals surface area (Å²) in [5, 5.41) is 3.16. The van der Waals surface area contributed by atoms with E-state index in [1.807, 2.05) is 0 Å². The van der Waals surface area contributed by atoms with Crippen LogP contribution in [0.5, 0.6) is 5.75 Å². The van der Waals surface area contributed by atoms with Crippen molar-refractivity contribution in [1.82, 2.24) is 5.43 Å². The van der Waals surface area contributed by atoms with Gasteiger partial charge in [0.05, 0.1) is 33.3 Å². The van der Waals surface area contributed by atoms with E-state index in [9.17, 15) is 13.2 Å². The molecule has 10 heteroatoms. The van der Waals surface area contributed by atoms with Gasteiger partial charge in [-0.25, -0.2) is 5.43 Å². The highest BCUT2D eigenvalue weighted by molar-refractivity contribution is 7.92. The van der Waals surface area contributed by atoms with Gasteiger partial charge < -0.3 is 10.1 Å². The van der Waals surface area contributed by atoms with E-state index in [0.29, 0.717) is 23.7 Å². The van der Waals surface area contributed by atoms with E-state index >= 15 is 0 Å². The second-order valence-corrected chi connectivity index (χ2v) is 9.28. The molecule has 1 aliphatic rings. The normalized spacial score (nSPS) is 13.1. The van der Waals surface area contributed by atoms with Crippen LogP contribution in [0.1, 0.15) is 15.9 Å². The van der Waals surface area contributed by atoms with Crippen molar-refractivity contribution in [2.24, 2.45) is 0 Å². The maximum absolute atomic E-state index is 13.2. The molecule has 0 unspecified atom stereocenters. The Balaban J connectivity index is 1.66. The molecule has 0 aromatic heterocycles. The fraction of sp³-hybridized carbons (Fsp3) is 0.0952. The number of hydrogen-bond donors (Lipinski definition) is 2. The molecule has 0 atom stereocenters. The van der Waals surface area contributed by atoms with Crippen molar-refractivity contribution in [1.29, 1.82) is 0 Å². The Morgan fingerprint density at radius 1 is 1.06 bits per heavy atom. The first-order valence-corrected chi connectivity index (χ1v) is 11.3. The Kier molecular flexibility index (Phi) is 5.81. The number of carbonyl (C=O) groups is 1. The standard InChI is InChI=1S/C21H17Cl2N3O4S/c1-30-15-4-2-5-16(11-15)31(28,29)26-19-10-14(9-8-13(19)12-24-26)25-21(27)20-17(22)6-3-7-18(20)23/h2-11,24H,12H2,1H3,(H,25,27). The lowest BCUT2D eigenvalue weighted by molar-refractivity contribution is 0.102. The molecule has 1 aliphatic heterocycles. The van der Waals surface area contributed by atoms with E-state index in [1.165, 1.54) is 19.2 Å². The molecular weight excluding hydrogens is 461 g/mol. The van der Waals surface area contributed by atoms with Crippen molar-refractivity contribution in [2.75, 3.05) is 16.8 Å². The molecule has 160 valence electrons. The first-order chi connectivity index (χ1) is 14.8. The van der Waals surface area contributed by atoms with Crippen LogP contribution in [0.4, 0.5) is 11.4 Å². The largest absolute Gasteiger partial charge is 0.497 e. The van der Waals surface area contributed by atoms with Gasteiger partial charge in [0.1, 0.15) is 5.75 Å². The van der Waals surface area contributed by atoms with Crippen LogP contribution in [0, 0.1) is 0 Å². The number of amides is 1. The summed E-state index contributed by atoms with van der Waals surface area (Å²) in [5.74, 6) is -0.0677. The van der Waals surface area contributed by atoms with Crippen molar-refractivity contribution in [3.8, 4) is 5.75 Å². The van der Waals surface area contributed by atoms with Crippen LogP contribution in [0.2, 0.25) is 10.0 Å². The van der Waals surface area contributed by atoms with Crippen LogP contribution in [0.15, 0.2) is 65.6 Å². The molecule has 0 saturated heterocycles. The Labute approximate surface area is 189 Å². The van der Waals surface area contributed by atoms with Crippen molar-refractivity contribution in [3.63, 3.8) is 0 Å². The van der Waals surface area contributed by atoms with Crippen molar-refractivity contribution >= 4 is 50.5 Å². The topological polar surface area (TPSA) is 87.7 Å². The summed E-state index contributed by atoms with van der Waals surface area (Å²) in [6, 6.07) is 16.0. The third-order valence-electron chi connectivity index (χ3n) is 4.74. The summed E-state index contributed by atoms with van der Waals surface area (Å²) >= 11 is 12.2. The third-order valence-corrected chi connectivity index (χ3v) is 7.03. The second-order valence-electron chi connectivity index (χ2n) is 6.68. The molecule has 0 fully saturated rings. The first-order valence-electron chi connectivity index (χ1n) is 9.12. The highest BCUT2D eigenvalue weighted by Gasteiger charge is 2.31. The van der Waals surface area contributed by atoms with Gasteiger partial charge in [-0.15, -0.1) is 0 Å². The third kappa shape index (κ3) is 4.07. The van der Waals surface area contributed by atoms with Gasteiger partial charge in [0.25, 0.3) is 15.9 Å². The van der Waals surface area contributed by atoms with Crippen LogP contribution in [-0.2, 0) is 16.6 Å². The van der Waals surface area contributed by atoms with E-state index in [1.54, 1.807) is 48.5 Å². The maximum atomic E-state index is 13.2. The Morgan fingerprint density at radius 3 is 2.48 bits per heavy atom. The number of fused-ring (bicyclic) bond motifs is 1. The quantitative estimate of drug-likeness (QED) is 0.565. The number of benzene rings is 3. The molecule has 1 heterocycles. The van der Waals surface area contributed by atoms with Gasteiger partial charge in [0, 0.05) is 18.3 Å². The van der Waals surface area contributed by atoms with E-state index in [-0.39, 0.29) is 20.5 Å². The zero-order valence-corrected chi connectivity index (χ0v) is 18.6. The molecule has 31 heavy (non-hydrogen) atoms. The maximum Gasteiger partial charge on any atom is 0.277 e. The highest BCUT2D eigenvalue weighted by Crippen LogP contribution is 2.34. The van der Waals surface area contributed by atoms with Gasteiger partial charge in [-0.1, -0.05) is 41.4 Å². The van der Waals surface area contributed by atoms with Crippen LogP contribution in [0.3, 0.4) is 0 Å². The van der Waals surface area contributed by atoms with Gasteiger partial charge in [0.2, 0.25) is 0 Å². The summed E-state index contributed by atoms with van der Waals surface area (Å²) in [4.78, 5) is 12.8. The fourth-order valence-corrected chi connectivity index (χ4v) is 5.17. The molecule has 3 aromatic rings. The minimum absolute atomic E-state index is 0.0736. The summed E-state index contributed by atoms with van der Waals surface area (Å²) in [7, 11) is -2.44. The molecule has 0 aliphatic carbocycles. The van der Waals surface area contributed by atoms with Crippen LogP contribution in [-0.4, -0.2) is 21.4 Å². The van der Waals surface area contributed by atoms with Crippen LogP contribution < -0.4 is 19.9 Å². The van der Waals surface area contributed by atoms with Gasteiger partial charge >= 0.3 is 0 Å². The van der Waals surface area contributed by atoms with E-state index in [4.69, 9.17) is 27.9 Å². The lowest BCUT2D eigenvalue weighted by atomic mass is 10.1. The van der Waals surface area contributed by atoms with Crippen LogP contribution in [0.25, 0.3) is 0 Å². The molecule has 1 amide bonds. The van der Waals surface area contributed by atoms with Crippen molar-refractivity contribution < 1.29 is 17.9 Å². The molecule has 3 aromatic carbocycles. The lowest BCUT2D eigenvalue weighted by Crippen LogP contribution is -2.38. The van der Waals surface area contributed by atoms with Crippen molar-refractivity contribution in [3.05, 3.63) is 81.8 Å². The van der Waals surface area contributed by atoms with E-state index in [2.05, 4.69) is 10.7 Å². The molecule has 4 rings (SSSR count). The van der Waals surface area contributed by atoms with Gasteiger partial charge in [0.15, 0.2) is 0 Å². The SMILES string of the molecule is COc1cccc(S(=O)(=O)N2NCc3ccc(NC(=O)c4c(Cl)cccc4Cl)cc32)c1. The predicted octanol–water partition coefficient (Wildman–Crippen LogP) is 4.47. The molecule has 7 nitrogen and oxygen atoms in total. The summed E-state index contributed by atoms with van der Waals surface area (Å²) in [5.41, 5.74) is 4.59. The Morgan fingerprint density at radius 2 is 1.77 bits per heavy atom. The zero-order valence-electron chi connectivity index (χ0n) is 16.2. The molecule has 0 bridgehead atoms. The number of methoxy groups -OCH3 is 1. The Bertz CT molecular complexity index is 1260. The average molecular weight is 478 g/mol. The summed E-state index contributed by atoms with van der Waals surface area (Å²) in [6.45, 7) is 0.323. The highest BCUT2D eigenvalue weighted by atomic mass is 35.5. The smallest absolute Gasteiger partial charge is 0.277 e. The van der Waals surface area contributed by atoms with Crippen LogP contribution >= 0.6 is 23.2 Å². The number of hydrogen-bond acceptors (Lipinski definition) is 5. The Hall–Kier alpha value is -2.78. The number of sulfonamides is 1. The minimum Gasteiger partial charge on any atom is -0.497 e. The fourth-order valence-electron chi connectivity index (χ4n) is 3.21.